The Morgan fingerprint density at radius 3 is 1.71 bits per heavy atom. The Morgan fingerprint density at radius 1 is 1.00 bits per heavy atom. The Hall–Kier alpha value is -1.85. The van der Waals surface area contributed by atoms with E-state index in [9.17, 15) is 14.4 Å². The largest absolute Gasteiger partial charge is 0.481 e. The SMILES string of the molecule is C=C(CC(=O)O)C(=O)O.O=C(CO)C(O)C(O)C(O)CO. The molecular weight excluding hydrogens is 292 g/mol. The van der Waals surface area contributed by atoms with Gasteiger partial charge in [0.05, 0.1) is 13.0 Å². The zero-order chi connectivity index (χ0) is 17.2. The predicted molar refractivity (Wildman–Crippen MR) is 66.2 cm³/mol. The van der Waals surface area contributed by atoms with E-state index in [1.807, 2.05) is 0 Å². The highest BCUT2D eigenvalue weighted by atomic mass is 16.4. The molecule has 3 atom stereocenters. The van der Waals surface area contributed by atoms with Crippen LogP contribution in [0.1, 0.15) is 6.42 Å². The Balaban J connectivity index is 0. The monoisotopic (exact) mass is 310 g/mol. The van der Waals surface area contributed by atoms with E-state index < -0.39 is 55.7 Å². The normalized spacial score (nSPS) is 14.1. The number of ketones is 1. The summed E-state index contributed by atoms with van der Waals surface area (Å²) in [7, 11) is 0. The molecule has 0 saturated carbocycles. The Labute approximate surface area is 119 Å². The highest BCUT2D eigenvalue weighted by molar-refractivity contribution is 5.91. The molecule has 0 aromatic rings. The molecule has 0 spiro atoms. The number of carbonyl (C=O) groups is 3. The molecule has 0 rings (SSSR count). The highest BCUT2D eigenvalue weighted by Crippen LogP contribution is 2.00. The van der Waals surface area contributed by atoms with Gasteiger partial charge in [0.15, 0.2) is 5.78 Å². The quantitative estimate of drug-likeness (QED) is 0.223. The van der Waals surface area contributed by atoms with Gasteiger partial charge in [0.2, 0.25) is 0 Å². The second-order valence-electron chi connectivity index (χ2n) is 3.79. The molecule has 0 aliphatic rings. The summed E-state index contributed by atoms with van der Waals surface area (Å²) in [6, 6.07) is 0. The lowest BCUT2D eigenvalue weighted by molar-refractivity contribution is -0.142. The van der Waals surface area contributed by atoms with Crippen molar-refractivity contribution in [2.75, 3.05) is 13.2 Å². The molecule has 3 unspecified atom stereocenters. The van der Waals surface area contributed by atoms with Gasteiger partial charge in [-0.15, -0.1) is 0 Å². The lowest BCUT2D eigenvalue weighted by Gasteiger charge is -2.19. The third kappa shape index (κ3) is 9.65. The van der Waals surface area contributed by atoms with Crippen molar-refractivity contribution in [2.24, 2.45) is 0 Å². The maximum absolute atomic E-state index is 10.5. The van der Waals surface area contributed by atoms with Crippen molar-refractivity contribution in [3.8, 4) is 0 Å². The van der Waals surface area contributed by atoms with Crippen LogP contribution in [0.15, 0.2) is 12.2 Å². The third-order valence-electron chi connectivity index (χ3n) is 2.06. The van der Waals surface area contributed by atoms with Crippen LogP contribution < -0.4 is 0 Å². The molecule has 0 saturated heterocycles. The van der Waals surface area contributed by atoms with Gasteiger partial charge in [0.25, 0.3) is 0 Å². The Morgan fingerprint density at radius 2 is 1.48 bits per heavy atom. The summed E-state index contributed by atoms with van der Waals surface area (Å²) in [5.41, 5.74) is -0.303. The molecule has 7 N–H and O–H groups in total. The molecule has 0 bridgehead atoms. The first-order valence-electron chi connectivity index (χ1n) is 5.49. The number of hydrogen-bond acceptors (Lipinski definition) is 8. The van der Waals surface area contributed by atoms with E-state index in [1.54, 1.807) is 0 Å². The van der Waals surface area contributed by atoms with Gasteiger partial charge in [0, 0.05) is 5.57 Å². The first kappa shape index (κ1) is 21.4. The van der Waals surface area contributed by atoms with Crippen LogP contribution in [0.25, 0.3) is 0 Å². The van der Waals surface area contributed by atoms with Crippen LogP contribution in [0.4, 0.5) is 0 Å². The number of aliphatic hydroxyl groups is 5. The molecule has 0 amide bonds. The van der Waals surface area contributed by atoms with Gasteiger partial charge in [-0.2, -0.15) is 0 Å². The fourth-order valence-electron chi connectivity index (χ4n) is 0.861. The van der Waals surface area contributed by atoms with Crippen molar-refractivity contribution in [1.82, 2.24) is 0 Å². The van der Waals surface area contributed by atoms with Gasteiger partial charge >= 0.3 is 11.9 Å². The lowest BCUT2D eigenvalue weighted by Crippen LogP contribution is -2.44. The minimum atomic E-state index is -1.86. The topological polar surface area (TPSA) is 193 Å². The van der Waals surface area contributed by atoms with Crippen molar-refractivity contribution < 1.29 is 50.1 Å². The summed E-state index contributed by atoms with van der Waals surface area (Å²) in [6.07, 6.45) is -5.72. The molecule has 10 nitrogen and oxygen atoms in total. The first-order valence-corrected chi connectivity index (χ1v) is 5.49. The van der Waals surface area contributed by atoms with Gasteiger partial charge in [-0.25, -0.2) is 4.79 Å². The summed E-state index contributed by atoms with van der Waals surface area (Å²) in [6.45, 7) is 1.33. The standard InChI is InChI=1S/C6H12O6.C5H6O4/c7-1-3(9)5(11)6(12)4(10)2-8;1-3(5(8)9)2-4(6)7/h3,5-9,11-12H,1-2H2;1-2H2,(H,6,7)(H,8,9). The summed E-state index contributed by atoms with van der Waals surface area (Å²) in [4.78, 5) is 30.2. The van der Waals surface area contributed by atoms with E-state index in [1.165, 1.54) is 0 Å². The van der Waals surface area contributed by atoms with Gasteiger partial charge in [-0.05, 0) is 0 Å². The number of Topliss-reactive ketones (excluding diaryl/α,β-unsaturated/α-hetero) is 1. The smallest absolute Gasteiger partial charge is 0.331 e. The van der Waals surface area contributed by atoms with E-state index in [0.717, 1.165) is 0 Å². The van der Waals surface area contributed by atoms with Crippen LogP contribution >= 0.6 is 0 Å². The number of aliphatic carboxylic acids is 2. The maximum Gasteiger partial charge on any atom is 0.331 e. The Bertz CT molecular complexity index is 377. The van der Waals surface area contributed by atoms with Crippen LogP contribution in [0.5, 0.6) is 0 Å². The maximum atomic E-state index is 10.5. The molecular formula is C11H18O10. The van der Waals surface area contributed by atoms with Crippen molar-refractivity contribution in [1.29, 1.82) is 0 Å². The molecule has 0 aromatic carbocycles. The molecule has 0 fully saturated rings. The van der Waals surface area contributed by atoms with Crippen molar-refractivity contribution in [3.05, 3.63) is 12.2 Å². The highest BCUT2D eigenvalue weighted by Gasteiger charge is 2.28. The van der Waals surface area contributed by atoms with Crippen molar-refractivity contribution in [2.45, 2.75) is 24.7 Å². The lowest BCUT2D eigenvalue weighted by atomic mass is 10.1. The number of carboxylic acid groups (broad SMARTS) is 2. The number of aliphatic hydroxyl groups excluding tert-OH is 5. The fraction of sp³-hybridized carbons (Fsp3) is 0.545. The molecule has 0 aliphatic heterocycles. The zero-order valence-electron chi connectivity index (χ0n) is 10.9. The molecule has 0 heterocycles. The van der Waals surface area contributed by atoms with Crippen molar-refractivity contribution >= 4 is 17.7 Å². The predicted octanol–water partition coefficient (Wildman–Crippen LogP) is -3.28. The van der Waals surface area contributed by atoms with Crippen LogP contribution in [-0.4, -0.2) is 85.0 Å². The first-order chi connectivity index (χ1) is 9.58. The summed E-state index contributed by atoms with van der Waals surface area (Å²) < 4.78 is 0. The van der Waals surface area contributed by atoms with Crippen LogP contribution in [0, 0.1) is 0 Å². The molecule has 21 heavy (non-hydrogen) atoms. The summed E-state index contributed by atoms with van der Waals surface area (Å²) in [5.74, 6) is -3.45. The number of carbonyl (C=O) groups excluding carboxylic acids is 1. The second-order valence-corrected chi connectivity index (χ2v) is 3.79. The number of hydrogen-bond donors (Lipinski definition) is 7. The van der Waals surface area contributed by atoms with Crippen LogP contribution in [0.2, 0.25) is 0 Å². The second kappa shape index (κ2) is 10.9. The molecule has 0 radical (unpaired) electrons. The zero-order valence-corrected chi connectivity index (χ0v) is 10.9. The summed E-state index contributed by atoms with van der Waals surface area (Å²) >= 11 is 0. The average Bonchev–Trinajstić information content (AvgIpc) is 2.43. The van der Waals surface area contributed by atoms with Crippen LogP contribution in [-0.2, 0) is 14.4 Å². The molecule has 0 aliphatic carbocycles. The van der Waals surface area contributed by atoms with Gasteiger partial charge in [-0.3, -0.25) is 9.59 Å². The summed E-state index contributed by atoms with van der Waals surface area (Å²) in [5, 5.41) is 59.1. The Kier molecular flexibility index (Phi) is 11.1. The fourth-order valence-corrected chi connectivity index (χ4v) is 0.861. The molecule has 122 valence electrons. The van der Waals surface area contributed by atoms with Gasteiger partial charge < -0.3 is 35.7 Å². The van der Waals surface area contributed by atoms with E-state index >= 15 is 0 Å². The van der Waals surface area contributed by atoms with E-state index in [0.29, 0.717) is 0 Å². The van der Waals surface area contributed by atoms with Gasteiger partial charge in [-0.1, -0.05) is 6.58 Å². The van der Waals surface area contributed by atoms with Gasteiger partial charge in [0.1, 0.15) is 24.9 Å². The van der Waals surface area contributed by atoms with E-state index in [4.69, 9.17) is 35.7 Å². The minimum absolute atomic E-state index is 0.303. The molecule has 0 aromatic heterocycles. The van der Waals surface area contributed by atoms with E-state index in [-0.39, 0.29) is 5.57 Å². The number of carboxylic acids is 2. The number of rotatable bonds is 8. The average molecular weight is 310 g/mol. The van der Waals surface area contributed by atoms with Crippen LogP contribution in [0.3, 0.4) is 0 Å². The van der Waals surface area contributed by atoms with Crippen molar-refractivity contribution in [3.63, 3.8) is 0 Å². The third-order valence-corrected chi connectivity index (χ3v) is 2.06. The van der Waals surface area contributed by atoms with E-state index in [2.05, 4.69) is 6.58 Å². The minimum Gasteiger partial charge on any atom is -0.481 e. The molecule has 10 heteroatoms.